The molecule has 0 aromatic heterocycles. The first-order valence-electron chi connectivity index (χ1n) is 5.17. The molecule has 0 saturated carbocycles. The van der Waals surface area contributed by atoms with Crippen molar-refractivity contribution in [3.63, 3.8) is 0 Å². The standard InChI is InChI=1S/C12H16ClNO2/c1-14(9-3-4-12(15)16-2)11-7-5-10(13)6-8-11/h5-8H,3-4,9H2,1-2H3. The molecule has 0 bridgehead atoms. The van der Waals surface area contributed by atoms with Crippen molar-refractivity contribution in [1.82, 2.24) is 0 Å². The van der Waals surface area contributed by atoms with E-state index in [9.17, 15) is 4.79 Å². The van der Waals surface area contributed by atoms with Crippen molar-refractivity contribution >= 4 is 23.3 Å². The molecule has 1 aromatic rings. The molecule has 0 aliphatic heterocycles. The smallest absolute Gasteiger partial charge is 0.305 e. The Morgan fingerprint density at radius 2 is 2.00 bits per heavy atom. The highest BCUT2D eigenvalue weighted by Gasteiger charge is 2.03. The highest BCUT2D eigenvalue weighted by molar-refractivity contribution is 6.30. The summed E-state index contributed by atoms with van der Waals surface area (Å²) in [5.41, 5.74) is 1.09. The number of hydrogen-bond acceptors (Lipinski definition) is 3. The van der Waals surface area contributed by atoms with Gasteiger partial charge in [-0.15, -0.1) is 0 Å². The number of anilines is 1. The molecule has 1 rings (SSSR count). The van der Waals surface area contributed by atoms with E-state index in [0.717, 1.165) is 23.7 Å². The maximum absolute atomic E-state index is 10.9. The molecule has 0 unspecified atom stereocenters. The van der Waals surface area contributed by atoms with Crippen LogP contribution < -0.4 is 4.90 Å². The zero-order chi connectivity index (χ0) is 12.0. The zero-order valence-electron chi connectivity index (χ0n) is 9.57. The maximum Gasteiger partial charge on any atom is 0.305 e. The number of carbonyl (C=O) groups is 1. The first-order chi connectivity index (χ1) is 7.63. The molecule has 1 aromatic carbocycles. The Labute approximate surface area is 101 Å². The van der Waals surface area contributed by atoms with Crippen molar-refractivity contribution in [1.29, 1.82) is 0 Å². The molecule has 0 atom stereocenters. The number of hydrogen-bond donors (Lipinski definition) is 0. The van der Waals surface area contributed by atoms with E-state index >= 15 is 0 Å². The maximum atomic E-state index is 10.9. The van der Waals surface area contributed by atoms with Crippen molar-refractivity contribution in [2.45, 2.75) is 12.8 Å². The summed E-state index contributed by atoms with van der Waals surface area (Å²) >= 11 is 5.80. The van der Waals surface area contributed by atoms with Gasteiger partial charge in [0.05, 0.1) is 7.11 Å². The first-order valence-corrected chi connectivity index (χ1v) is 5.55. The number of esters is 1. The van der Waals surface area contributed by atoms with Gasteiger partial charge in [-0.1, -0.05) is 11.6 Å². The Morgan fingerprint density at radius 3 is 2.56 bits per heavy atom. The van der Waals surface area contributed by atoms with E-state index in [-0.39, 0.29) is 5.97 Å². The van der Waals surface area contributed by atoms with Crippen LogP contribution in [-0.2, 0) is 9.53 Å². The molecule has 0 aliphatic carbocycles. The monoisotopic (exact) mass is 241 g/mol. The van der Waals surface area contributed by atoms with E-state index in [1.165, 1.54) is 7.11 Å². The van der Waals surface area contributed by atoms with E-state index in [1.54, 1.807) is 0 Å². The number of carbonyl (C=O) groups excluding carboxylic acids is 1. The molecule has 0 saturated heterocycles. The largest absolute Gasteiger partial charge is 0.469 e. The second-order valence-electron chi connectivity index (χ2n) is 3.58. The Bertz CT molecular complexity index is 337. The van der Waals surface area contributed by atoms with Crippen molar-refractivity contribution < 1.29 is 9.53 Å². The molecule has 0 heterocycles. The van der Waals surface area contributed by atoms with Gasteiger partial charge in [-0.3, -0.25) is 4.79 Å². The number of ether oxygens (including phenoxy) is 1. The number of rotatable bonds is 5. The molecular formula is C12H16ClNO2. The van der Waals surface area contributed by atoms with Crippen LogP contribution in [0, 0.1) is 0 Å². The highest BCUT2D eigenvalue weighted by atomic mass is 35.5. The average Bonchev–Trinajstić information content (AvgIpc) is 2.29. The van der Waals surface area contributed by atoms with Gasteiger partial charge < -0.3 is 9.64 Å². The molecule has 0 aliphatic rings. The summed E-state index contributed by atoms with van der Waals surface area (Å²) in [6.07, 6.45) is 1.24. The Kier molecular flexibility index (Phi) is 5.12. The molecule has 16 heavy (non-hydrogen) atoms. The normalized spacial score (nSPS) is 9.94. The molecule has 88 valence electrons. The van der Waals surface area contributed by atoms with E-state index in [2.05, 4.69) is 9.64 Å². The van der Waals surface area contributed by atoms with Crippen LogP contribution in [0.25, 0.3) is 0 Å². The minimum absolute atomic E-state index is 0.162. The fourth-order valence-electron chi connectivity index (χ4n) is 1.39. The van der Waals surface area contributed by atoms with Crippen LogP contribution in [0.3, 0.4) is 0 Å². The van der Waals surface area contributed by atoms with Gasteiger partial charge in [-0.05, 0) is 30.7 Å². The molecular weight excluding hydrogens is 226 g/mol. The molecule has 4 heteroatoms. The molecule has 0 fully saturated rings. The first kappa shape index (κ1) is 12.8. The summed E-state index contributed by atoms with van der Waals surface area (Å²) in [5.74, 6) is -0.162. The van der Waals surface area contributed by atoms with Crippen LogP contribution in [0.4, 0.5) is 5.69 Å². The number of benzene rings is 1. The second-order valence-corrected chi connectivity index (χ2v) is 4.01. The lowest BCUT2D eigenvalue weighted by atomic mass is 10.2. The Balaban J connectivity index is 2.37. The summed E-state index contributed by atoms with van der Waals surface area (Å²) in [4.78, 5) is 13.0. The Hall–Kier alpha value is -1.22. The quantitative estimate of drug-likeness (QED) is 0.743. The van der Waals surface area contributed by atoms with E-state index in [1.807, 2.05) is 31.3 Å². The predicted molar refractivity (Wildman–Crippen MR) is 66.0 cm³/mol. The van der Waals surface area contributed by atoms with Crippen LogP contribution >= 0.6 is 11.6 Å². The zero-order valence-corrected chi connectivity index (χ0v) is 10.3. The van der Waals surface area contributed by atoms with Crippen molar-refractivity contribution in [2.24, 2.45) is 0 Å². The van der Waals surface area contributed by atoms with Crippen molar-refractivity contribution in [3.05, 3.63) is 29.3 Å². The lowest BCUT2D eigenvalue weighted by Crippen LogP contribution is -2.19. The van der Waals surface area contributed by atoms with Gasteiger partial charge in [-0.2, -0.15) is 0 Å². The van der Waals surface area contributed by atoms with Gasteiger partial charge in [0.15, 0.2) is 0 Å². The predicted octanol–water partition coefficient (Wildman–Crippen LogP) is 2.73. The lowest BCUT2D eigenvalue weighted by molar-refractivity contribution is -0.140. The van der Waals surface area contributed by atoms with Crippen LogP contribution in [0.15, 0.2) is 24.3 Å². The lowest BCUT2D eigenvalue weighted by Gasteiger charge is -2.18. The van der Waals surface area contributed by atoms with Gasteiger partial charge >= 0.3 is 5.97 Å². The average molecular weight is 242 g/mol. The van der Waals surface area contributed by atoms with Crippen LogP contribution in [0.2, 0.25) is 5.02 Å². The minimum atomic E-state index is -0.162. The van der Waals surface area contributed by atoms with Gasteiger partial charge in [-0.25, -0.2) is 0 Å². The third-order valence-electron chi connectivity index (χ3n) is 2.37. The SMILES string of the molecule is COC(=O)CCCN(C)c1ccc(Cl)cc1. The fourth-order valence-corrected chi connectivity index (χ4v) is 1.51. The van der Waals surface area contributed by atoms with Gasteiger partial charge in [0.25, 0.3) is 0 Å². The summed E-state index contributed by atoms with van der Waals surface area (Å²) in [6.45, 7) is 0.816. The molecule has 0 radical (unpaired) electrons. The molecule has 0 amide bonds. The summed E-state index contributed by atoms with van der Waals surface area (Å²) in [5, 5.41) is 0.728. The van der Waals surface area contributed by atoms with E-state index in [4.69, 9.17) is 11.6 Å². The van der Waals surface area contributed by atoms with E-state index in [0.29, 0.717) is 6.42 Å². The van der Waals surface area contributed by atoms with Crippen molar-refractivity contribution in [3.8, 4) is 0 Å². The minimum Gasteiger partial charge on any atom is -0.469 e. The van der Waals surface area contributed by atoms with Gasteiger partial charge in [0.1, 0.15) is 0 Å². The van der Waals surface area contributed by atoms with Crippen molar-refractivity contribution in [2.75, 3.05) is 25.6 Å². The topological polar surface area (TPSA) is 29.5 Å². The summed E-state index contributed by atoms with van der Waals surface area (Å²) in [6, 6.07) is 7.63. The van der Waals surface area contributed by atoms with Crippen LogP contribution in [0.1, 0.15) is 12.8 Å². The van der Waals surface area contributed by atoms with Gasteiger partial charge in [0, 0.05) is 30.7 Å². The highest BCUT2D eigenvalue weighted by Crippen LogP contribution is 2.16. The summed E-state index contributed by atoms with van der Waals surface area (Å²) < 4.78 is 4.58. The third-order valence-corrected chi connectivity index (χ3v) is 2.62. The second kappa shape index (κ2) is 6.38. The summed E-state index contributed by atoms with van der Waals surface area (Å²) in [7, 11) is 3.39. The Morgan fingerprint density at radius 1 is 1.38 bits per heavy atom. The fraction of sp³-hybridized carbons (Fsp3) is 0.417. The van der Waals surface area contributed by atoms with E-state index < -0.39 is 0 Å². The number of nitrogens with zero attached hydrogens (tertiary/aromatic N) is 1. The van der Waals surface area contributed by atoms with Gasteiger partial charge in [0.2, 0.25) is 0 Å². The molecule has 3 nitrogen and oxygen atoms in total. The molecule has 0 N–H and O–H groups in total. The number of methoxy groups -OCH3 is 1. The van der Waals surface area contributed by atoms with Crippen LogP contribution in [0.5, 0.6) is 0 Å². The molecule has 0 spiro atoms. The number of halogens is 1. The van der Waals surface area contributed by atoms with Crippen LogP contribution in [-0.4, -0.2) is 26.7 Å². The third kappa shape index (κ3) is 4.11.